The van der Waals surface area contributed by atoms with Gasteiger partial charge in [-0.15, -0.1) is 0 Å². The largest absolute Gasteiger partial charge is 0.465 e. The van der Waals surface area contributed by atoms with E-state index < -0.39 is 15.8 Å². The fourth-order valence-electron chi connectivity index (χ4n) is 2.35. The second kappa shape index (κ2) is 4.89. The van der Waals surface area contributed by atoms with Crippen molar-refractivity contribution in [3.05, 3.63) is 53.6 Å². The summed E-state index contributed by atoms with van der Waals surface area (Å²) in [5.74, 6) is -0.557. The van der Waals surface area contributed by atoms with Gasteiger partial charge in [-0.2, -0.15) is 0 Å². The molecule has 0 spiro atoms. The van der Waals surface area contributed by atoms with Gasteiger partial charge in [0, 0.05) is 6.54 Å². The van der Waals surface area contributed by atoms with Crippen molar-refractivity contribution >= 4 is 21.5 Å². The first-order valence-electron chi connectivity index (χ1n) is 6.33. The molecule has 0 amide bonds. The van der Waals surface area contributed by atoms with E-state index in [-0.39, 0.29) is 15.4 Å². The summed E-state index contributed by atoms with van der Waals surface area (Å²) < 4.78 is 30.2. The first-order chi connectivity index (χ1) is 10.0. The number of methoxy groups -OCH3 is 1. The minimum absolute atomic E-state index is 0.142. The molecule has 0 aliphatic carbocycles. The van der Waals surface area contributed by atoms with Crippen molar-refractivity contribution in [2.75, 3.05) is 12.4 Å². The van der Waals surface area contributed by atoms with Crippen molar-refractivity contribution in [2.24, 2.45) is 0 Å². The molecule has 1 aliphatic rings. The Morgan fingerprint density at radius 3 is 2.67 bits per heavy atom. The van der Waals surface area contributed by atoms with E-state index in [0.29, 0.717) is 17.8 Å². The van der Waals surface area contributed by atoms with Crippen LogP contribution in [-0.2, 0) is 21.1 Å². The SMILES string of the molecule is COC(=O)c1ccc2c(c1)S(=O)(=O)c1ccccc1NC2. The maximum atomic E-state index is 12.8. The van der Waals surface area contributed by atoms with Crippen LogP contribution in [0.15, 0.2) is 52.3 Å². The summed E-state index contributed by atoms with van der Waals surface area (Å²) in [6, 6.07) is 11.3. The molecule has 3 rings (SSSR count). The van der Waals surface area contributed by atoms with E-state index in [9.17, 15) is 13.2 Å². The van der Waals surface area contributed by atoms with E-state index in [4.69, 9.17) is 0 Å². The van der Waals surface area contributed by atoms with Gasteiger partial charge in [0.25, 0.3) is 0 Å². The molecule has 0 fully saturated rings. The molecule has 0 atom stereocenters. The molecule has 1 aliphatic heterocycles. The Bertz CT molecular complexity index is 827. The molecule has 6 heteroatoms. The lowest BCUT2D eigenvalue weighted by molar-refractivity contribution is 0.0600. The van der Waals surface area contributed by atoms with Gasteiger partial charge in [-0.05, 0) is 29.8 Å². The van der Waals surface area contributed by atoms with Crippen molar-refractivity contribution < 1.29 is 17.9 Å². The fourth-order valence-corrected chi connectivity index (χ4v) is 4.04. The lowest BCUT2D eigenvalue weighted by Crippen LogP contribution is -2.07. The lowest BCUT2D eigenvalue weighted by Gasteiger charge is -2.08. The second-order valence-electron chi connectivity index (χ2n) is 4.67. The number of sulfone groups is 1. The second-order valence-corrected chi connectivity index (χ2v) is 6.55. The number of para-hydroxylation sites is 1. The summed E-state index contributed by atoms with van der Waals surface area (Å²) in [5, 5.41) is 3.10. The van der Waals surface area contributed by atoms with Crippen LogP contribution in [0.4, 0.5) is 5.69 Å². The number of esters is 1. The predicted octanol–water partition coefficient (Wildman–Crippen LogP) is 2.23. The number of benzene rings is 2. The number of rotatable bonds is 1. The molecule has 0 saturated carbocycles. The summed E-state index contributed by atoms with van der Waals surface area (Å²) >= 11 is 0. The van der Waals surface area contributed by atoms with Crippen LogP contribution in [0.25, 0.3) is 0 Å². The number of carbonyl (C=O) groups is 1. The van der Waals surface area contributed by atoms with Crippen LogP contribution >= 0.6 is 0 Å². The highest BCUT2D eigenvalue weighted by molar-refractivity contribution is 7.91. The number of fused-ring (bicyclic) bond motifs is 2. The van der Waals surface area contributed by atoms with E-state index in [1.165, 1.54) is 13.2 Å². The average molecular weight is 303 g/mol. The Morgan fingerprint density at radius 1 is 1.14 bits per heavy atom. The van der Waals surface area contributed by atoms with Gasteiger partial charge in [0.05, 0.1) is 28.2 Å². The highest BCUT2D eigenvalue weighted by atomic mass is 32.2. The molecular formula is C15H13NO4S. The molecule has 108 valence electrons. The normalized spacial score (nSPS) is 15.1. The summed E-state index contributed by atoms with van der Waals surface area (Å²) in [4.78, 5) is 12.0. The first kappa shape index (κ1) is 13.6. The molecule has 5 nitrogen and oxygen atoms in total. The Labute approximate surface area is 122 Å². The maximum Gasteiger partial charge on any atom is 0.337 e. The number of anilines is 1. The number of ether oxygens (including phenoxy) is 1. The van der Waals surface area contributed by atoms with E-state index in [1.54, 1.807) is 36.4 Å². The van der Waals surface area contributed by atoms with Crippen LogP contribution in [0.5, 0.6) is 0 Å². The minimum Gasteiger partial charge on any atom is -0.465 e. The minimum atomic E-state index is -3.67. The maximum absolute atomic E-state index is 12.8. The summed E-state index contributed by atoms with van der Waals surface area (Å²) in [7, 11) is -2.41. The predicted molar refractivity (Wildman–Crippen MR) is 77.0 cm³/mol. The van der Waals surface area contributed by atoms with Gasteiger partial charge >= 0.3 is 5.97 Å². The highest BCUT2D eigenvalue weighted by Crippen LogP contribution is 2.33. The molecule has 0 aromatic heterocycles. The van der Waals surface area contributed by atoms with Gasteiger partial charge < -0.3 is 10.1 Å². The van der Waals surface area contributed by atoms with Crippen LogP contribution in [0.3, 0.4) is 0 Å². The molecule has 0 bridgehead atoms. The molecule has 0 radical (unpaired) electrons. The zero-order chi connectivity index (χ0) is 15.0. The van der Waals surface area contributed by atoms with E-state index >= 15 is 0 Å². The Kier molecular flexibility index (Phi) is 3.17. The third-order valence-corrected chi connectivity index (χ3v) is 5.32. The van der Waals surface area contributed by atoms with Crippen molar-refractivity contribution in [2.45, 2.75) is 16.3 Å². The number of carbonyl (C=O) groups excluding carboxylic acids is 1. The topological polar surface area (TPSA) is 72.5 Å². The Morgan fingerprint density at radius 2 is 1.90 bits per heavy atom. The van der Waals surface area contributed by atoms with Crippen molar-refractivity contribution in [1.82, 2.24) is 0 Å². The summed E-state index contributed by atoms with van der Waals surface area (Å²) in [6.45, 7) is 0.382. The number of hydrogen-bond acceptors (Lipinski definition) is 5. The van der Waals surface area contributed by atoms with Gasteiger partial charge in [0.2, 0.25) is 9.84 Å². The van der Waals surface area contributed by atoms with Crippen molar-refractivity contribution in [3.8, 4) is 0 Å². The van der Waals surface area contributed by atoms with Crippen LogP contribution in [0.2, 0.25) is 0 Å². The van der Waals surface area contributed by atoms with Gasteiger partial charge in [-0.3, -0.25) is 0 Å². The third kappa shape index (κ3) is 2.17. The van der Waals surface area contributed by atoms with Gasteiger partial charge in [-0.25, -0.2) is 13.2 Å². The van der Waals surface area contributed by atoms with E-state index in [2.05, 4.69) is 10.1 Å². The summed E-state index contributed by atoms with van der Waals surface area (Å²) in [6.07, 6.45) is 0. The molecule has 1 heterocycles. The summed E-state index contributed by atoms with van der Waals surface area (Å²) in [5.41, 5.74) is 1.41. The van der Waals surface area contributed by atoms with Crippen LogP contribution in [-0.4, -0.2) is 21.5 Å². The van der Waals surface area contributed by atoms with Crippen LogP contribution in [0, 0.1) is 0 Å². The lowest BCUT2D eigenvalue weighted by atomic mass is 10.1. The molecule has 0 saturated heterocycles. The van der Waals surface area contributed by atoms with Crippen LogP contribution in [0.1, 0.15) is 15.9 Å². The van der Waals surface area contributed by atoms with Crippen molar-refractivity contribution in [1.29, 1.82) is 0 Å². The van der Waals surface area contributed by atoms with Crippen molar-refractivity contribution in [3.63, 3.8) is 0 Å². The average Bonchev–Trinajstić information content (AvgIpc) is 2.62. The highest BCUT2D eigenvalue weighted by Gasteiger charge is 2.28. The van der Waals surface area contributed by atoms with E-state index in [1.807, 2.05) is 0 Å². The standard InChI is InChI=1S/C15H13NO4S/c1-20-15(17)10-6-7-11-9-16-12-4-2-3-5-13(12)21(18,19)14(11)8-10/h2-8,16H,9H2,1H3. The molecule has 0 unspecified atom stereocenters. The number of nitrogens with one attached hydrogen (secondary N) is 1. The zero-order valence-corrected chi connectivity index (χ0v) is 12.1. The van der Waals surface area contributed by atoms with Crippen LogP contribution < -0.4 is 5.32 Å². The molecule has 21 heavy (non-hydrogen) atoms. The van der Waals surface area contributed by atoms with Gasteiger partial charge in [0.15, 0.2) is 0 Å². The quantitative estimate of drug-likeness (QED) is 0.818. The Balaban J connectivity index is 2.25. The molecular weight excluding hydrogens is 290 g/mol. The van der Waals surface area contributed by atoms with Gasteiger partial charge in [-0.1, -0.05) is 18.2 Å². The first-order valence-corrected chi connectivity index (χ1v) is 7.81. The molecule has 1 N–H and O–H groups in total. The monoisotopic (exact) mass is 303 g/mol. The fraction of sp³-hybridized carbons (Fsp3) is 0.133. The van der Waals surface area contributed by atoms with E-state index in [0.717, 1.165) is 0 Å². The third-order valence-electron chi connectivity index (χ3n) is 3.42. The number of hydrogen-bond donors (Lipinski definition) is 1. The Hall–Kier alpha value is -2.34. The van der Waals surface area contributed by atoms with Gasteiger partial charge in [0.1, 0.15) is 0 Å². The molecule has 2 aromatic rings. The zero-order valence-electron chi connectivity index (χ0n) is 11.3. The smallest absolute Gasteiger partial charge is 0.337 e. The molecule has 2 aromatic carbocycles.